The Morgan fingerprint density at radius 2 is 1.12 bits per heavy atom. The summed E-state index contributed by atoms with van der Waals surface area (Å²) in [4.78, 5) is 0. The summed E-state index contributed by atoms with van der Waals surface area (Å²) < 4.78 is 2.15. The van der Waals surface area contributed by atoms with Crippen LogP contribution in [-0.2, 0) is 0 Å². The number of hydrogen-bond acceptors (Lipinski definition) is 0. The number of benzene rings is 1. The minimum atomic E-state index is 1.02. The molecule has 134 valence electrons. The number of hydrogen-bond donors (Lipinski definition) is 0. The first kappa shape index (κ1) is 21.8. The average molecular weight is 456 g/mol. The molecule has 0 bridgehead atoms. The molecule has 0 aliphatic rings. The Morgan fingerprint density at radius 3 is 1.62 bits per heavy atom. The summed E-state index contributed by atoms with van der Waals surface area (Å²) in [5.74, 6) is 6.56. The van der Waals surface area contributed by atoms with Crippen LogP contribution in [0.1, 0.15) is 96.0 Å². The van der Waals surface area contributed by atoms with Gasteiger partial charge < -0.3 is 0 Å². The second kappa shape index (κ2) is 15.0. The van der Waals surface area contributed by atoms with Crippen molar-refractivity contribution in [3.63, 3.8) is 0 Å². The summed E-state index contributed by atoms with van der Waals surface area (Å²) in [5.41, 5.74) is 1.08. The zero-order valence-corrected chi connectivity index (χ0v) is 18.4. The van der Waals surface area contributed by atoms with Crippen molar-refractivity contribution in [1.82, 2.24) is 0 Å². The highest BCUT2D eigenvalue weighted by atomic mass is 79.9. The smallest absolute Gasteiger partial charge is 0.0267 e. The lowest BCUT2D eigenvalue weighted by Crippen LogP contribution is -1.82. The third-order valence-corrected chi connectivity index (χ3v) is 5.17. The van der Waals surface area contributed by atoms with Gasteiger partial charge in [0.1, 0.15) is 0 Å². The van der Waals surface area contributed by atoms with Crippen LogP contribution in [0.5, 0.6) is 0 Å². The monoisotopic (exact) mass is 454 g/mol. The van der Waals surface area contributed by atoms with E-state index in [9.17, 15) is 0 Å². The largest absolute Gasteiger partial charge is 0.0979 e. The highest BCUT2D eigenvalue weighted by Crippen LogP contribution is 2.19. The van der Waals surface area contributed by atoms with Crippen molar-refractivity contribution in [3.05, 3.63) is 32.7 Å². The van der Waals surface area contributed by atoms with E-state index in [2.05, 4.69) is 62.8 Å². The molecular formula is C22H32Br2. The van der Waals surface area contributed by atoms with Crippen molar-refractivity contribution in [2.45, 2.75) is 90.4 Å². The maximum atomic E-state index is 3.50. The Hall–Kier alpha value is -0.260. The average Bonchev–Trinajstić information content (AvgIpc) is 2.54. The minimum Gasteiger partial charge on any atom is -0.0979 e. The molecule has 0 fully saturated rings. The van der Waals surface area contributed by atoms with Crippen LogP contribution in [0, 0.1) is 11.8 Å². The van der Waals surface area contributed by atoms with Gasteiger partial charge in [0.2, 0.25) is 0 Å². The Bertz CT molecular complexity index is 476. The third kappa shape index (κ3) is 12.2. The van der Waals surface area contributed by atoms with E-state index in [1.807, 2.05) is 6.07 Å². The van der Waals surface area contributed by atoms with Gasteiger partial charge in [-0.2, -0.15) is 0 Å². The highest BCUT2D eigenvalue weighted by Gasteiger charge is 1.95. The Labute approximate surface area is 166 Å². The molecule has 1 aromatic carbocycles. The molecule has 2 heteroatoms. The lowest BCUT2D eigenvalue weighted by molar-refractivity contribution is 0.545. The molecule has 0 saturated carbocycles. The molecule has 0 nitrogen and oxygen atoms in total. The predicted octanol–water partition coefficient (Wildman–Crippen LogP) is 8.65. The maximum Gasteiger partial charge on any atom is 0.0267 e. The fraction of sp³-hybridized carbons (Fsp3) is 0.636. The van der Waals surface area contributed by atoms with Crippen molar-refractivity contribution in [3.8, 4) is 11.8 Å². The Balaban J connectivity index is 1.93. The predicted molar refractivity (Wildman–Crippen MR) is 114 cm³/mol. The van der Waals surface area contributed by atoms with Crippen LogP contribution in [0.2, 0.25) is 0 Å². The van der Waals surface area contributed by atoms with Gasteiger partial charge in [-0.3, -0.25) is 0 Å². The molecule has 0 aliphatic carbocycles. The summed E-state index contributed by atoms with van der Waals surface area (Å²) in [6.07, 6.45) is 17.8. The molecule has 0 aliphatic heterocycles. The van der Waals surface area contributed by atoms with Crippen molar-refractivity contribution < 1.29 is 0 Å². The molecule has 0 atom stereocenters. The van der Waals surface area contributed by atoms with Gasteiger partial charge in [0, 0.05) is 20.9 Å². The second-order valence-corrected chi connectivity index (χ2v) is 8.43. The first-order chi connectivity index (χ1) is 11.7. The Morgan fingerprint density at radius 1 is 0.667 bits per heavy atom. The van der Waals surface area contributed by atoms with Gasteiger partial charge in [-0.25, -0.2) is 0 Å². The molecule has 0 saturated heterocycles. The number of rotatable bonds is 12. The normalized spacial score (nSPS) is 10.5. The van der Waals surface area contributed by atoms with E-state index >= 15 is 0 Å². The molecule has 1 aromatic rings. The van der Waals surface area contributed by atoms with Gasteiger partial charge in [-0.15, -0.1) is 0 Å². The fourth-order valence-corrected chi connectivity index (χ4v) is 4.14. The molecule has 0 radical (unpaired) electrons. The zero-order chi connectivity index (χ0) is 17.5. The molecular weight excluding hydrogens is 424 g/mol. The molecule has 0 spiro atoms. The summed E-state index contributed by atoms with van der Waals surface area (Å²) >= 11 is 7.00. The van der Waals surface area contributed by atoms with Gasteiger partial charge in [0.15, 0.2) is 0 Å². The quantitative estimate of drug-likeness (QED) is 0.218. The van der Waals surface area contributed by atoms with Gasteiger partial charge in [0.05, 0.1) is 0 Å². The molecule has 0 amide bonds. The van der Waals surface area contributed by atoms with Crippen molar-refractivity contribution in [1.29, 1.82) is 0 Å². The number of halogens is 2. The van der Waals surface area contributed by atoms with E-state index in [4.69, 9.17) is 0 Å². The van der Waals surface area contributed by atoms with E-state index in [1.54, 1.807) is 0 Å². The molecule has 0 aromatic heterocycles. The highest BCUT2D eigenvalue weighted by molar-refractivity contribution is 9.11. The van der Waals surface area contributed by atoms with Crippen LogP contribution in [0.15, 0.2) is 27.1 Å². The van der Waals surface area contributed by atoms with E-state index in [0.717, 1.165) is 20.9 Å². The topological polar surface area (TPSA) is 0 Å². The summed E-state index contributed by atoms with van der Waals surface area (Å²) in [7, 11) is 0. The number of unbranched alkanes of at least 4 members (excludes halogenated alkanes) is 12. The van der Waals surface area contributed by atoms with Crippen molar-refractivity contribution in [2.24, 2.45) is 0 Å². The van der Waals surface area contributed by atoms with Crippen molar-refractivity contribution >= 4 is 31.9 Å². The van der Waals surface area contributed by atoms with Crippen LogP contribution in [-0.4, -0.2) is 0 Å². The van der Waals surface area contributed by atoms with E-state index < -0.39 is 0 Å². The summed E-state index contributed by atoms with van der Waals surface area (Å²) in [6.45, 7) is 2.28. The zero-order valence-electron chi connectivity index (χ0n) is 15.2. The molecule has 0 heterocycles. The van der Waals surface area contributed by atoms with Crippen LogP contribution in [0.4, 0.5) is 0 Å². The van der Waals surface area contributed by atoms with E-state index in [0.29, 0.717) is 0 Å². The molecule has 0 N–H and O–H groups in total. The lowest BCUT2D eigenvalue weighted by Gasteiger charge is -2.02. The minimum absolute atomic E-state index is 1.02. The SMILES string of the molecule is CCCCCCCCCCCCCCC#Cc1cc(Br)cc(Br)c1. The second-order valence-electron chi connectivity index (χ2n) is 6.60. The molecule has 0 unspecified atom stereocenters. The first-order valence-electron chi connectivity index (χ1n) is 9.67. The Kier molecular flexibility index (Phi) is 13.6. The van der Waals surface area contributed by atoms with E-state index in [-0.39, 0.29) is 0 Å². The van der Waals surface area contributed by atoms with E-state index in [1.165, 1.54) is 77.0 Å². The van der Waals surface area contributed by atoms with Crippen LogP contribution >= 0.6 is 31.9 Å². The van der Waals surface area contributed by atoms with Gasteiger partial charge in [-0.05, 0) is 24.6 Å². The van der Waals surface area contributed by atoms with Crippen LogP contribution in [0.3, 0.4) is 0 Å². The summed E-state index contributed by atoms with van der Waals surface area (Å²) in [5, 5.41) is 0. The fourth-order valence-electron chi connectivity index (χ4n) is 2.84. The summed E-state index contributed by atoms with van der Waals surface area (Å²) in [6, 6.07) is 6.18. The van der Waals surface area contributed by atoms with Crippen LogP contribution in [0.25, 0.3) is 0 Å². The maximum absolute atomic E-state index is 3.50. The lowest BCUT2D eigenvalue weighted by atomic mass is 10.0. The van der Waals surface area contributed by atoms with Gasteiger partial charge >= 0.3 is 0 Å². The first-order valence-corrected chi connectivity index (χ1v) is 11.3. The molecule has 24 heavy (non-hydrogen) atoms. The van der Waals surface area contributed by atoms with Crippen LogP contribution < -0.4 is 0 Å². The standard InChI is InChI=1S/C22H32Br2/c1-2-3-4-5-6-7-8-9-10-11-12-13-14-15-16-20-17-21(23)19-22(24)18-20/h17-19H,2-14H2,1H3. The van der Waals surface area contributed by atoms with Gasteiger partial charge in [-0.1, -0.05) is 121 Å². The van der Waals surface area contributed by atoms with Gasteiger partial charge in [0.25, 0.3) is 0 Å². The van der Waals surface area contributed by atoms with Crippen molar-refractivity contribution in [2.75, 3.05) is 0 Å². The molecule has 1 rings (SSSR count). The third-order valence-electron chi connectivity index (χ3n) is 4.25.